The van der Waals surface area contributed by atoms with Crippen molar-refractivity contribution in [1.29, 1.82) is 0 Å². The Balaban J connectivity index is 0.933. The van der Waals surface area contributed by atoms with E-state index in [4.69, 9.17) is 19.4 Å². The Morgan fingerprint density at radius 2 is 1.45 bits per heavy atom. The highest BCUT2D eigenvalue weighted by molar-refractivity contribution is 6.07. The van der Waals surface area contributed by atoms with Crippen LogP contribution >= 0.6 is 0 Å². The fourth-order valence-electron chi connectivity index (χ4n) is 10.4. The van der Waals surface area contributed by atoms with E-state index in [1.807, 2.05) is 35.2 Å². The predicted molar refractivity (Wildman–Crippen MR) is 240 cm³/mol. The lowest BCUT2D eigenvalue weighted by atomic mass is 9.98. The standard InChI is InChI=1S/C50H53N7O5/c1-6-27(2)20-42(58)57-41(24-37-28(3)46(37)57)48-52-39-19-15-34-23-32(13-17-36(34)45(39)54-48)31-12-16-35-33(22-31)14-18-38-44(35)53-47(51-38)40-21-29(26-61-4)25-56(40)49(59)43(55-50(60)62-5)30-10-8-7-9-11-30/h7-19,22-23,27-29,37,40-41,43,46H,6,20-21,24-26H2,1-5H3,(H,51,53)(H,52,54)(H,55,60)/t27-,28+,29-,37?,40-,41-,43+,46?/m0/s1. The molecule has 12 heteroatoms. The largest absolute Gasteiger partial charge is 0.453 e. The normalized spacial score (nSPS) is 23.0. The molecule has 7 aromatic rings. The molecule has 3 amide bonds. The fourth-order valence-corrected chi connectivity index (χ4v) is 10.4. The number of nitrogens with zero attached hydrogens (tertiary/aromatic N) is 4. The molecule has 2 saturated heterocycles. The predicted octanol–water partition coefficient (Wildman–Crippen LogP) is 9.39. The smallest absolute Gasteiger partial charge is 0.407 e. The van der Waals surface area contributed by atoms with E-state index < -0.39 is 12.1 Å². The van der Waals surface area contributed by atoms with E-state index in [-0.39, 0.29) is 29.8 Å². The lowest BCUT2D eigenvalue weighted by Gasteiger charge is -2.28. The number of methoxy groups -OCH3 is 2. The minimum absolute atomic E-state index is 0.0105. The van der Waals surface area contributed by atoms with Crippen molar-refractivity contribution in [3.63, 3.8) is 0 Å². The maximum absolute atomic E-state index is 14.4. The van der Waals surface area contributed by atoms with Crippen LogP contribution in [0, 0.1) is 23.7 Å². The number of amides is 3. The second-order valence-electron chi connectivity index (χ2n) is 17.9. The zero-order valence-corrected chi connectivity index (χ0v) is 35.9. The summed E-state index contributed by atoms with van der Waals surface area (Å²) in [6.07, 6.45) is 2.53. The second-order valence-corrected chi connectivity index (χ2v) is 17.9. The Morgan fingerprint density at radius 1 is 0.823 bits per heavy atom. The third-order valence-electron chi connectivity index (χ3n) is 14.0. The average molecular weight is 832 g/mol. The highest BCUT2D eigenvalue weighted by atomic mass is 16.5. The van der Waals surface area contributed by atoms with E-state index in [2.05, 4.69) is 102 Å². The highest BCUT2D eigenvalue weighted by Gasteiger charge is 2.60. The van der Waals surface area contributed by atoms with Gasteiger partial charge in [0.15, 0.2) is 0 Å². The first-order valence-electron chi connectivity index (χ1n) is 22.0. The first-order valence-corrected chi connectivity index (χ1v) is 22.0. The quantitative estimate of drug-likeness (QED) is 0.118. The summed E-state index contributed by atoms with van der Waals surface area (Å²) in [6, 6.07) is 29.7. The van der Waals surface area contributed by atoms with Gasteiger partial charge in [-0.3, -0.25) is 9.59 Å². The molecular weight excluding hydrogens is 779 g/mol. The van der Waals surface area contributed by atoms with Gasteiger partial charge in [0, 0.05) is 42.8 Å². The molecule has 8 atom stereocenters. The van der Waals surface area contributed by atoms with E-state index in [0.29, 0.717) is 61.2 Å². The molecule has 0 bridgehead atoms. The van der Waals surface area contributed by atoms with Crippen molar-refractivity contribution in [2.45, 2.75) is 70.6 Å². The van der Waals surface area contributed by atoms with Crippen LogP contribution in [0.25, 0.3) is 54.7 Å². The number of hydrogen-bond donors (Lipinski definition) is 3. The maximum Gasteiger partial charge on any atom is 0.407 e. The number of carbonyl (C=O) groups is 3. The monoisotopic (exact) mass is 831 g/mol. The van der Waals surface area contributed by atoms with E-state index in [9.17, 15) is 14.4 Å². The molecule has 62 heavy (non-hydrogen) atoms. The number of piperidine rings is 1. The van der Waals surface area contributed by atoms with Gasteiger partial charge in [-0.05, 0) is 82.3 Å². The van der Waals surface area contributed by atoms with Gasteiger partial charge in [0.2, 0.25) is 5.91 Å². The van der Waals surface area contributed by atoms with Gasteiger partial charge < -0.3 is 34.6 Å². The number of ether oxygens (including phenoxy) is 2. The van der Waals surface area contributed by atoms with Gasteiger partial charge in [-0.15, -0.1) is 0 Å². The first-order chi connectivity index (χ1) is 30.1. The van der Waals surface area contributed by atoms with E-state index >= 15 is 0 Å². The van der Waals surface area contributed by atoms with Crippen LogP contribution in [0.4, 0.5) is 4.79 Å². The zero-order valence-electron chi connectivity index (χ0n) is 35.9. The molecule has 3 N–H and O–H groups in total. The van der Waals surface area contributed by atoms with Crippen molar-refractivity contribution in [1.82, 2.24) is 35.1 Å². The number of alkyl carbamates (subject to hydrolysis) is 1. The Labute approximate surface area is 360 Å². The molecule has 5 aromatic carbocycles. The number of aromatic nitrogens is 4. The van der Waals surface area contributed by atoms with Crippen LogP contribution in [-0.4, -0.2) is 81.1 Å². The molecule has 1 aliphatic carbocycles. The maximum atomic E-state index is 14.4. The van der Waals surface area contributed by atoms with Gasteiger partial charge in [-0.2, -0.15) is 0 Å². The summed E-state index contributed by atoms with van der Waals surface area (Å²) in [5, 5.41) is 7.01. The molecule has 318 valence electrons. The number of nitrogens with one attached hydrogen (secondary N) is 3. The molecule has 0 spiro atoms. The van der Waals surface area contributed by atoms with Crippen LogP contribution in [0.15, 0.2) is 91.0 Å². The molecule has 2 unspecified atom stereocenters. The summed E-state index contributed by atoms with van der Waals surface area (Å²) in [5.41, 5.74) is 6.51. The average Bonchev–Trinajstić information content (AvgIpc) is 3.90. The number of hydrogen-bond acceptors (Lipinski definition) is 7. The number of aromatic amines is 2. The number of H-pyrrole nitrogens is 2. The van der Waals surface area contributed by atoms with Crippen molar-refractivity contribution >= 4 is 61.5 Å². The summed E-state index contributed by atoms with van der Waals surface area (Å²) in [4.78, 5) is 61.9. The number of carbonyl (C=O) groups excluding carboxylic acids is 3. The van der Waals surface area contributed by atoms with E-state index in [1.54, 1.807) is 7.11 Å². The van der Waals surface area contributed by atoms with Gasteiger partial charge >= 0.3 is 6.09 Å². The number of fused-ring (bicyclic) bond motifs is 7. The van der Waals surface area contributed by atoms with Gasteiger partial charge in [0.1, 0.15) is 17.7 Å². The number of likely N-dealkylation sites (tertiary alicyclic amines) is 2. The summed E-state index contributed by atoms with van der Waals surface area (Å²) < 4.78 is 10.5. The van der Waals surface area contributed by atoms with Crippen molar-refractivity contribution in [2.24, 2.45) is 23.7 Å². The molecule has 10 rings (SSSR count). The fraction of sp³-hybridized carbons (Fsp3) is 0.380. The SMILES string of the molecule is CC[C@H](C)CC(=O)N1C2C(C[C@H]1c1nc3c(ccc4cc(-c5ccc6c(ccc7[nH]c([C@@H]8C[C@H](COC)CN8C(=O)[C@H](NC(=O)OC)c8ccccc8)nc76)c5)ccc43)[nH]1)[C@H]2C. The van der Waals surface area contributed by atoms with Crippen LogP contribution in [0.2, 0.25) is 0 Å². The lowest BCUT2D eigenvalue weighted by Crippen LogP contribution is -2.43. The minimum atomic E-state index is -0.928. The molecule has 2 aromatic heterocycles. The van der Waals surface area contributed by atoms with Crippen LogP contribution in [0.5, 0.6) is 0 Å². The Bertz CT molecular complexity index is 2850. The van der Waals surface area contributed by atoms with Crippen LogP contribution in [0.1, 0.15) is 81.8 Å². The lowest BCUT2D eigenvalue weighted by molar-refractivity contribution is -0.135. The molecule has 12 nitrogen and oxygen atoms in total. The van der Waals surface area contributed by atoms with Crippen LogP contribution in [-0.2, 0) is 19.1 Å². The topological polar surface area (TPSA) is 146 Å². The third-order valence-corrected chi connectivity index (χ3v) is 14.0. The summed E-state index contributed by atoms with van der Waals surface area (Å²) >= 11 is 0. The molecule has 2 aliphatic heterocycles. The molecular formula is C50H53N7O5. The first kappa shape index (κ1) is 39.8. The van der Waals surface area contributed by atoms with Crippen molar-refractivity contribution in [3.05, 3.63) is 108 Å². The van der Waals surface area contributed by atoms with Gasteiger partial charge in [0.25, 0.3) is 5.91 Å². The molecule has 1 saturated carbocycles. The highest BCUT2D eigenvalue weighted by Crippen LogP contribution is 2.57. The van der Waals surface area contributed by atoms with Crippen molar-refractivity contribution < 1.29 is 23.9 Å². The Hall–Kier alpha value is -6.27. The van der Waals surface area contributed by atoms with Crippen LogP contribution in [0.3, 0.4) is 0 Å². The molecule has 3 aliphatic rings. The Kier molecular flexibility index (Phi) is 10.2. The summed E-state index contributed by atoms with van der Waals surface area (Å²) in [5.74, 6) is 3.18. The summed E-state index contributed by atoms with van der Waals surface area (Å²) in [6.45, 7) is 7.54. The number of imidazole rings is 2. The van der Waals surface area contributed by atoms with Crippen LogP contribution < -0.4 is 5.32 Å². The van der Waals surface area contributed by atoms with Gasteiger partial charge in [-0.1, -0.05) is 93.9 Å². The number of rotatable bonds is 11. The van der Waals surface area contributed by atoms with Crippen molar-refractivity contribution in [3.8, 4) is 11.1 Å². The Morgan fingerprint density at radius 3 is 2.05 bits per heavy atom. The van der Waals surface area contributed by atoms with Gasteiger partial charge in [0.05, 0.1) is 47.9 Å². The molecule has 4 heterocycles. The minimum Gasteiger partial charge on any atom is -0.453 e. The van der Waals surface area contributed by atoms with Crippen molar-refractivity contribution in [2.75, 3.05) is 27.4 Å². The molecule has 0 radical (unpaired) electrons. The zero-order chi connectivity index (χ0) is 42.8. The summed E-state index contributed by atoms with van der Waals surface area (Å²) in [7, 11) is 2.96. The number of benzene rings is 5. The second kappa shape index (κ2) is 15.9. The third kappa shape index (κ3) is 6.94. The van der Waals surface area contributed by atoms with Gasteiger partial charge in [-0.25, -0.2) is 14.8 Å². The van der Waals surface area contributed by atoms with E-state index in [1.165, 1.54) is 7.11 Å². The van der Waals surface area contributed by atoms with E-state index in [0.717, 1.165) is 73.4 Å². The molecule has 3 fully saturated rings.